The Morgan fingerprint density at radius 1 is 1.22 bits per heavy atom. The van der Waals surface area contributed by atoms with Gasteiger partial charge in [-0.25, -0.2) is 0 Å². The molecule has 1 unspecified atom stereocenters. The fraction of sp³-hybridized carbons (Fsp3) is 0.600. The summed E-state index contributed by atoms with van der Waals surface area (Å²) in [6, 6.07) is 7.52. The van der Waals surface area contributed by atoms with Gasteiger partial charge in [0.25, 0.3) is 0 Å². The number of hydrogen-bond donors (Lipinski definition) is 1. The smallest absolute Gasteiger partial charge is 0.0604 e. The Labute approximate surface area is 114 Å². The van der Waals surface area contributed by atoms with Crippen LogP contribution in [0, 0.1) is 0 Å². The molecule has 1 N–H and O–H groups in total. The van der Waals surface area contributed by atoms with Gasteiger partial charge in [0.1, 0.15) is 0 Å². The van der Waals surface area contributed by atoms with Gasteiger partial charge in [0, 0.05) is 23.7 Å². The van der Waals surface area contributed by atoms with Crippen LogP contribution < -0.4 is 5.32 Å². The monoisotopic (exact) mass is 265 g/mol. The number of nitrogens with one attached hydrogen (secondary N) is 1. The predicted molar refractivity (Wildman–Crippen MR) is 74.2 cm³/mol. The number of benzene rings is 1. The summed E-state index contributed by atoms with van der Waals surface area (Å²) in [6.07, 6.45) is 5.09. The number of halogens is 1. The highest BCUT2D eigenvalue weighted by molar-refractivity contribution is 6.30. The van der Waals surface area contributed by atoms with E-state index < -0.39 is 0 Å². The minimum absolute atomic E-state index is 0.491. The van der Waals surface area contributed by atoms with Gasteiger partial charge in [-0.3, -0.25) is 0 Å². The third kappa shape index (κ3) is 2.56. The van der Waals surface area contributed by atoms with E-state index in [4.69, 9.17) is 16.3 Å². The van der Waals surface area contributed by atoms with Gasteiger partial charge in [0.2, 0.25) is 0 Å². The van der Waals surface area contributed by atoms with Crippen LogP contribution in [-0.2, 0) is 17.6 Å². The molecule has 98 valence electrons. The van der Waals surface area contributed by atoms with E-state index in [1.807, 2.05) is 6.07 Å². The Morgan fingerprint density at radius 3 is 2.78 bits per heavy atom. The molecular weight excluding hydrogens is 246 g/mol. The average molecular weight is 266 g/mol. The molecule has 1 saturated carbocycles. The molecule has 3 rings (SSSR count). The van der Waals surface area contributed by atoms with Crippen LogP contribution in [0.1, 0.15) is 30.9 Å². The minimum Gasteiger partial charge on any atom is -0.378 e. The van der Waals surface area contributed by atoms with Gasteiger partial charge in [-0.05, 0) is 55.9 Å². The fourth-order valence-electron chi connectivity index (χ4n) is 3.11. The lowest BCUT2D eigenvalue weighted by Crippen LogP contribution is -2.49. The van der Waals surface area contributed by atoms with E-state index >= 15 is 0 Å². The lowest BCUT2D eigenvalue weighted by Gasteiger charge is -2.37. The van der Waals surface area contributed by atoms with Crippen molar-refractivity contribution in [1.29, 1.82) is 0 Å². The number of ether oxygens (including phenoxy) is 1. The summed E-state index contributed by atoms with van der Waals surface area (Å²) < 4.78 is 5.59. The molecule has 3 heteroatoms. The molecule has 1 aromatic rings. The maximum absolute atomic E-state index is 6.03. The highest BCUT2D eigenvalue weighted by atomic mass is 35.5. The second-order valence-electron chi connectivity index (χ2n) is 5.43. The summed E-state index contributed by atoms with van der Waals surface area (Å²) in [6.45, 7) is 2.91. The quantitative estimate of drug-likeness (QED) is 0.904. The molecule has 0 amide bonds. The van der Waals surface area contributed by atoms with Crippen molar-refractivity contribution in [2.24, 2.45) is 0 Å². The molecule has 0 heterocycles. The first-order valence-corrected chi connectivity index (χ1v) is 7.27. The average Bonchev–Trinajstić information content (AvgIpc) is 2.68. The molecule has 2 aliphatic carbocycles. The van der Waals surface area contributed by atoms with Crippen molar-refractivity contribution in [3.05, 3.63) is 34.3 Å². The summed E-state index contributed by atoms with van der Waals surface area (Å²) in [5.41, 5.74) is 2.87. The van der Waals surface area contributed by atoms with Crippen LogP contribution in [0.5, 0.6) is 0 Å². The molecule has 1 fully saturated rings. The van der Waals surface area contributed by atoms with Gasteiger partial charge < -0.3 is 10.1 Å². The Balaban J connectivity index is 1.50. The molecule has 0 spiro atoms. The third-order valence-electron chi connectivity index (χ3n) is 4.07. The number of hydrogen-bond acceptors (Lipinski definition) is 2. The molecule has 2 aliphatic rings. The van der Waals surface area contributed by atoms with Crippen LogP contribution in [0.25, 0.3) is 0 Å². The molecule has 1 atom stereocenters. The molecule has 0 aromatic heterocycles. The van der Waals surface area contributed by atoms with E-state index in [0.29, 0.717) is 18.2 Å². The van der Waals surface area contributed by atoms with Crippen molar-refractivity contribution >= 4 is 11.6 Å². The van der Waals surface area contributed by atoms with E-state index in [2.05, 4.69) is 24.4 Å². The predicted octanol–water partition coefficient (Wildman–Crippen LogP) is 2.96. The van der Waals surface area contributed by atoms with Gasteiger partial charge in [0.05, 0.1) is 6.10 Å². The van der Waals surface area contributed by atoms with Gasteiger partial charge >= 0.3 is 0 Å². The van der Waals surface area contributed by atoms with E-state index in [0.717, 1.165) is 24.5 Å². The van der Waals surface area contributed by atoms with Gasteiger partial charge in [0.15, 0.2) is 0 Å². The zero-order chi connectivity index (χ0) is 12.5. The summed E-state index contributed by atoms with van der Waals surface area (Å²) in [4.78, 5) is 0. The van der Waals surface area contributed by atoms with Crippen molar-refractivity contribution in [3.63, 3.8) is 0 Å². The highest BCUT2D eigenvalue weighted by Gasteiger charge is 2.32. The first-order valence-electron chi connectivity index (χ1n) is 6.89. The van der Waals surface area contributed by atoms with Crippen LogP contribution in [0.3, 0.4) is 0 Å². The number of fused-ring (bicyclic) bond motifs is 1. The molecule has 18 heavy (non-hydrogen) atoms. The van der Waals surface area contributed by atoms with Crippen LogP contribution in [-0.4, -0.2) is 24.8 Å². The lowest BCUT2D eigenvalue weighted by atomic mass is 9.88. The van der Waals surface area contributed by atoms with Crippen molar-refractivity contribution in [2.75, 3.05) is 6.61 Å². The lowest BCUT2D eigenvalue weighted by molar-refractivity contribution is -0.0121. The first kappa shape index (κ1) is 12.5. The van der Waals surface area contributed by atoms with Crippen molar-refractivity contribution in [1.82, 2.24) is 5.32 Å². The van der Waals surface area contributed by atoms with Gasteiger partial charge in [-0.1, -0.05) is 17.7 Å². The molecule has 1 aromatic carbocycles. The van der Waals surface area contributed by atoms with Crippen molar-refractivity contribution in [2.45, 2.75) is 50.8 Å². The molecule has 0 saturated heterocycles. The van der Waals surface area contributed by atoms with Crippen LogP contribution in [0.4, 0.5) is 0 Å². The van der Waals surface area contributed by atoms with E-state index in [1.54, 1.807) is 0 Å². The van der Waals surface area contributed by atoms with Crippen molar-refractivity contribution in [3.8, 4) is 0 Å². The largest absolute Gasteiger partial charge is 0.378 e. The topological polar surface area (TPSA) is 21.3 Å². The molecular formula is C15H20ClNO. The molecule has 0 aliphatic heterocycles. The van der Waals surface area contributed by atoms with Crippen LogP contribution >= 0.6 is 11.6 Å². The van der Waals surface area contributed by atoms with Crippen LogP contribution in [0.15, 0.2) is 18.2 Å². The minimum atomic E-state index is 0.491. The van der Waals surface area contributed by atoms with Crippen molar-refractivity contribution < 1.29 is 4.74 Å². The third-order valence-corrected chi connectivity index (χ3v) is 4.30. The Kier molecular flexibility index (Phi) is 3.60. The van der Waals surface area contributed by atoms with E-state index in [-0.39, 0.29) is 0 Å². The first-order chi connectivity index (χ1) is 8.74. The van der Waals surface area contributed by atoms with Gasteiger partial charge in [-0.15, -0.1) is 0 Å². The maximum atomic E-state index is 6.03. The second kappa shape index (κ2) is 5.20. The van der Waals surface area contributed by atoms with Crippen LogP contribution in [0.2, 0.25) is 5.02 Å². The molecule has 0 radical (unpaired) electrons. The normalized spacial score (nSPS) is 30.0. The zero-order valence-corrected chi connectivity index (χ0v) is 11.5. The molecule has 2 nitrogen and oxygen atoms in total. The Hall–Kier alpha value is -0.570. The van der Waals surface area contributed by atoms with E-state index in [1.165, 1.54) is 24.0 Å². The summed E-state index contributed by atoms with van der Waals surface area (Å²) in [7, 11) is 0. The van der Waals surface area contributed by atoms with E-state index in [9.17, 15) is 0 Å². The van der Waals surface area contributed by atoms with Gasteiger partial charge in [-0.2, -0.15) is 0 Å². The Bertz CT molecular complexity index is 429. The number of rotatable bonds is 4. The molecule has 0 bridgehead atoms. The summed E-state index contributed by atoms with van der Waals surface area (Å²) >= 11 is 6.03. The standard InChI is InChI=1S/C15H20ClNO/c1-2-18-15-8-14(9-15)17-13-6-10-3-4-12(16)5-11(10)7-13/h3-5,13-15,17H,2,6-9H2,1H3. The Morgan fingerprint density at radius 2 is 2.00 bits per heavy atom. The maximum Gasteiger partial charge on any atom is 0.0604 e. The highest BCUT2D eigenvalue weighted by Crippen LogP contribution is 2.29. The second-order valence-corrected chi connectivity index (χ2v) is 5.87. The fourth-order valence-corrected chi connectivity index (χ4v) is 3.31. The SMILES string of the molecule is CCOC1CC(NC2Cc3ccc(Cl)cc3C2)C1. The summed E-state index contributed by atoms with van der Waals surface area (Å²) in [5, 5.41) is 4.60. The summed E-state index contributed by atoms with van der Waals surface area (Å²) in [5.74, 6) is 0. The zero-order valence-electron chi connectivity index (χ0n) is 10.8.